The van der Waals surface area contributed by atoms with Crippen LogP contribution in [0.3, 0.4) is 0 Å². The largest absolute Gasteiger partial charge is 0.481 e. The lowest BCUT2D eigenvalue weighted by atomic mass is 10.1. The van der Waals surface area contributed by atoms with E-state index >= 15 is 0 Å². The molecular formula is C22H22N2O4. The van der Waals surface area contributed by atoms with E-state index in [1.54, 1.807) is 6.20 Å². The molecule has 6 heteroatoms. The maximum Gasteiger partial charge on any atom is 0.307 e. The van der Waals surface area contributed by atoms with Crippen molar-refractivity contribution in [2.45, 2.75) is 25.7 Å². The number of aliphatic carboxylic acids is 2. The third-order valence-electron chi connectivity index (χ3n) is 4.44. The standard InChI is InChI=1S/C12H13NO2.C10H9NO2/c14-12(15)7-3-5-10-8-9-4-1-2-6-11(9)13-10;12-10(13)5-7-6-11-9-4-2-1-3-8(7)9/h1-2,4,6,8,13H,3,5,7H2,(H,14,15);1-4,6,11H,5H2,(H,12,13). The molecule has 0 saturated heterocycles. The van der Waals surface area contributed by atoms with Crippen LogP contribution in [-0.4, -0.2) is 32.1 Å². The molecule has 144 valence electrons. The van der Waals surface area contributed by atoms with E-state index < -0.39 is 11.9 Å². The van der Waals surface area contributed by atoms with Crippen molar-refractivity contribution >= 4 is 33.7 Å². The number of hydrogen-bond donors (Lipinski definition) is 4. The molecule has 4 N–H and O–H groups in total. The van der Waals surface area contributed by atoms with Gasteiger partial charge in [-0.2, -0.15) is 0 Å². The molecule has 2 aromatic heterocycles. The van der Waals surface area contributed by atoms with Crippen LogP contribution in [0, 0.1) is 0 Å². The highest BCUT2D eigenvalue weighted by Crippen LogP contribution is 2.18. The molecule has 0 aliphatic heterocycles. The zero-order valence-corrected chi connectivity index (χ0v) is 15.3. The van der Waals surface area contributed by atoms with E-state index in [2.05, 4.69) is 16.0 Å². The lowest BCUT2D eigenvalue weighted by Crippen LogP contribution is -1.98. The molecule has 4 rings (SSSR count). The van der Waals surface area contributed by atoms with E-state index in [0.717, 1.165) is 34.1 Å². The first-order chi connectivity index (χ1) is 13.5. The third-order valence-corrected chi connectivity index (χ3v) is 4.44. The summed E-state index contributed by atoms with van der Waals surface area (Å²) in [6.07, 6.45) is 3.53. The second-order valence-corrected chi connectivity index (χ2v) is 6.56. The molecule has 0 unspecified atom stereocenters. The first-order valence-corrected chi connectivity index (χ1v) is 9.08. The molecule has 2 aromatic carbocycles. The van der Waals surface area contributed by atoms with Crippen LogP contribution in [0.15, 0.2) is 60.8 Å². The van der Waals surface area contributed by atoms with Crippen LogP contribution in [0.2, 0.25) is 0 Å². The van der Waals surface area contributed by atoms with Gasteiger partial charge < -0.3 is 20.2 Å². The molecular weight excluding hydrogens is 356 g/mol. The molecule has 0 saturated carbocycles. The van der Waals surface area contributed by atoms with E-state index in [1.807, 2.05) is 48.5 Å². The van der Waals surface area contributed by atoms with Gasteiger partial charge in [0, 0.05) is 34.7 Å². The predicted octanol–water partition coefficient (Wildman–Crippen LogP) is 4.37. The summed E-state index contributed by atoms with van der Waals surface area (Å²) in [5.74, 6) is -1.53. The van der Waals surface area contributed by atoms with Gasteiger partial charge in [0.15, 0.2) is 0 Å². The number of rotatable bonds is 6. The fourth-order valence-electron chi connectivity index (χ4n) is 3.14. The van der Waals surface area contributed by atoms with E-state index in [9.17, 15) is 9.59 Å². The zero-order valence-electron chi connectivity index (χ0n) is 15.3. The summed E-state index contributed by atoms with van der Waals surface area (Å²) in [7, 11) is 0. The van der Waals surface area contributed by atoms with Crippen LogP contribution in [0.5, 0.6) is 0 Å². The molecule has 2 heterocycles. The molecule has 0 aliphatic rings. The predicted molar refractivity (Wildman–Crippen MR) is 109 cm³/mol. The maximum absolute atomic E-state index is 10.5. The summed E-state index contributed by atoms with van der Waals surface area (Å²) < 4.78 is 0. The van der Waals surface area contributed by atoms with Crippen LogP contribution in [-0.2, 0) is 22.4 Å². The number of para-hydroxylation sites is 2. The van der Waals surface area contributed by atoms with Gasteiger partial charge in [-0.05, 0) is 42.0 Å². The van der Waals surface area contributed by atoms with Gasteiger partial charge in [0.25, 0.3) is 0 Å². The van der Waals surface area contributed by atoms with Crippen LogP contribution < -0.4 is 0 Å². The number of fused-ring (bicyclic) bond motifs is 2. The van der Waals surface area contributed by atoms with Gasteiger partial charge in [-0.15, -0.1) is 0 Å². The van der Waals surface area contributed by atoms with Gasteiger partial charge in [0.1, 0.15) is 0 Å². The monoisotopic (exact) mass is 378 g/mol. The zero-order chi connectivity index (χ0) is 19.9. The fourth-order valence-corrected chi connectivity index (χ4v) is 3.14. The second-order valence-electron chi connectivity index (χ2n) is 6.56. The van der Waals surface area contributed by atoms with E-state index in [4.69, 9.17) is 10.2 Å². The third kappa shape index (κ3) is 5.01. The lowest BCUT2D eigenvalue weighted by Gasteiger charge is -1.94. The number of carboxylic acids is 2. The summed E-state index contributed by atoms with van der Waals surface area (Å²) in [6, 6.07) is 17.8. The van der Waals surface area contributed by atoms with Gasteiger partial charge >= 0.3 is 11.9 Å². The Hall–Kier alpha value is -3.54. The molecule has 0 spiro atoms. The molecule has 0 atom stereocenters. The fraction of sp³-hybridized carbons (Fsp3) is 0.182. The molecule has 4 aromatic rings. The van der Waals surface area contributed by atoms with Gasteiger partial charge in [-0.3, -0.25) is 9.59 Å². The SMILES string of the molecule is O=C(O)CCCc1cc2ccccc2[nH]1.O=C(O)Cc1c[nH]c2ccccc12. The average molecular weight is 378 g/mol. The highest BCUT2D eigenvalue weighted by atomic mass is 16.4. The molecule has 6 nitrogen and oxygen atoms in total. The normalized spacial score (nSPS) is 10.6. The summed E-state index contributed by atoms with van der Waals surface area (Å²) in [5, 5.41) is 19.3. The van der Waals surface area contributed by atoms with Crippen molar-refractivity contribution < 1.29 is 19.8 Å². The average Bonchev–Trinajstić information content (AvgIpc) is 3.25. The summed E-state index contributed by atoms with van der Waals surface area (Å²) in [4.78, 5) is 27.2. The Balaban J connectivity index is 0.000000162. The van der Waals surface area contributed by atoms with Crippen LogP contribution in [0.25, 0.3) is 21.8 Å². The van der Waals surface area contributed by atoms with Gasteiger partial charge in [0.05, 0.1) is 6.42 Å². The summed E-state index contributed by atoms with van der Waals surface area (Å²) >= 11 is 0. The van der Waals surface area contributed by atoms with Crippen molar-refractivity contribution in [1.82, 2.24) is 9.97 Å². The van der Waals surface area contributed by atoms with Gasteiger partial charge in [0.2, 0.25) is 0 Å². The number of carbonyl (C=O) groups is 2. The number of nitrogens with one attached hydrogen (secondary N) is 2. The van der Waals surface area contributed by atoms with Crippen molar-refractivity contribution in [2.75, 3.05) is 0 Å². The minimum Gasteiger partial charge on any atom is -0.481 e. The van der Waals surface area contributed by atoms with Crippen molar-refractivity contribution in [3.8, 4) is 0 Å². The second kappa shape index (κ2) is 8.90. The molecule has 0 bridgehead atoms. The summed E-state index contributed by atoms with van der Waals surface area (Å²) in [5.41, 5.74) is 4.04. The molecule has 0 amide bonds. The Labute approximate surface area is 161 Å². The smallest absolute Gasteiger partial charge is 0.307 e. The van der Waals surface area contributed by atoms with Gasteiger partial charge in [-0.1, -0.05) is 36.4 Å². The Morgan fingerprint density at radius 1 is 0.893 bits per heavy atom. The minimum atomic E-state index is -0.801. The lowest BCUT2D eigenvalue weighted by molar-refractivity contribution is -0.137. The van der Waals surface area contributed by atoms with E-state index in [1.165, 1.54) is 5.39 Å². The van der Waals surface area contributed by atoms with Crippen molar-refractivity contribution in [3.63, 3.8) is 0 Å². The highest BCUT2D eigenvalue weighted by molar-refractivity contribution is 5.86. The number of hydrogen-bond acceptors (Lipinski definition) is 2. The molecule has 0 radical (unpaired) electrons. The van der Waals surface area contributed by atoms with Crippen molar-refractivity contribution in [3.05, 3.63) is 72.1 Å². The Kier molecular flexibility index (Phi) is 6.11. The van der Waals surface area contributed by atoms with Crippen LogP contribution in [0.4, 0.5) is 0 Å². The van der Waals surface area contributed by atoms with Crippen LogP contribution >= 0.6 is 0 Å². The number of aryl methyl sites for hydroxylation is 1. The van der Waals surface area contributed by atoms with E-state index in [0.29, 0.717) is 6.42 Å². The number of aromatic amines is 2. The van der Waals surface area contributed by atoms with Crippen molar-refractivity contribution in [2.24, 2.45) is 0 Å². The Morgan fingerprint density at radius 2 is 1.61 bits per heavy atom. The number of H-pyrrole nitrogens is 2. The highest BCUT2D eigenvalue weighted by Gasteiger charge is 2.06. The van der Waals surface area contributed by atoms with Crippen molar-refractivity contribution in [1.29, 1.82) is 0 Å². The Bertz CT molecular complexity index is 1060. The molecule has 28 heavy (non-hydrogen) atoms. The first-order valence-electron chi connectivity index (χ1n) is 9.08. The number of carboxylic acid groups (broad SMARTS) is 2. The molecule has 0 fully saturated rings. The topological polar surface area (TPSA) is 106 Å². The molecule has 0 aliphatic carbocycles. The number of aromatic nitrogens is 2. The van der Waals surface area contributed by atoms with Gasteiger partial charge in [-0.25, -0.2) is 0 Å². The first kappa shape index (κ1) is 19.2. The quantitative estimate of drug-likeness (QED) is 0.400. The Morgan fingerprint density at radius 3 is 2.32 bits per heavy atom. The summed E-state index contributed by atoms with van der Waals surface area (Å²) in [6.45, 7) is 0. The number of benzene rings is 2. The van der Waals surface area contributed by atoms with Crippen LogP contribution in [0.1, 0.15) is 24.1 Å². The minimum absolute atomic E-state index is 0.0734. The van der Waals surface area contributed by atoms with E-state index in [-0.39, 0.29) is 12.8 Å². The maximum atomic E-state index is 10.5.